The number of carbonyl (C=O) groups excluding carboxylic acids is 2. The predicted molar refractivity (Wildman–Crippen MR) is 131 cm³/mol. The molecule has 178 valence electrons. The number of rotatable bonds is 7. The maximum absolute atomic E-state index is 13.4. The van der Waals surface area contributed by atoms with Gasteiger partial charge in [-0.15, -0.1) is 0 Å². The highest BCUT2D eigenvalue weighted by Gasteiger charge is 2.34. The second-order valence-electron chi connectivity index (χ2n) is 9.30. The molecule has 0 radical (unpaired) electrons. The van der Waals surface area contributed by atoms with Crippen LogP contribution in [0.4, 0.5) is 0 Å². The lowest BCUT2D eigenvalue weighted by molar-refractivity contribution is -0.127. The molecule has 0 spiro atoms. The molecule has 1 N–H and O–H groups in total. The van der Waals surface area contributed by atoms with Gasteiger partial charge in [-0.25, -0.2) is 0 Å². The van der Waals surface area contributed by atoms with Crippen LogP contribution in [0.25, 0.3) is 0 Å². The summed E-state index contributed by atoms with van der Waals surface area (Å²) in [7, 11) is 0. The Morgan fingerprint density at radius 1 is 1.12 bits per heavy atom. The lowest BCUT2D eigenvalue weighted by Gasteiger charge is -2.37. The highest BCUT2D eigenvalue weighted by Crippen LogP contribution is 2.38. The molecule has 0 saturated heterocycles. The van der Waals surface area contributed by atoms with Gasteiger partial charge in [-0.3, -0.25) is 9.59 Å². The summed E-state index contributed by atoms with van der Waals surface area (Å²) in [6.07, 6.45) is 1.62. The Labute approximate surface area is 200 Å². The number of fused-ring (bicyclic) bond motifs is 1. The van der Waals surface area contributed by atoms with E-state index in [2.05, 4.69) is 25.2 Å². The molecule has 1 aliphatic rings. The predicted octanol–water partition coefficient (Wildman–Crippen LogP) is 4.92. The van der Waals surface area contributed by atoms with Gasteiger partial charge in [0.2, 0.25) is 0 Å². The molecule has 0 bridgehead atoms. The highest BCUT2D eigenvalue weighted by molar-refractivity contribution is 5.92. The summed E-state index contributed by atoms with van der Waals surface area (Å²) in [5.41, 5.74) is 4.32. The molecule has 2 heterocycles. The number of ether oxygens (including phenoxy) is 1. The van der Waals surface area contributed by atoms with Crippen LogP contribution in [0.1, 0.15) is 59.6 Å². The first-order chi connectivity index (χ1) is 16.3. The summed E-state index contributed by atoms with van der Waals surface area (Å²) in [4.78, 5) is 27.7. The molecule has 6 nitrogen and oxygen atoms in total. The average molecular weight is 461 g/mol. The molecule has 2 aromatic carbocycles. The van der Waals surface area contributed by atoms with E-state index in [0.717, 1.165) is 23.1 Å². The maximum atomic E-state index is 13.4. The number of carbonyl (C=O) groups is 2. The van der Waals surface area contributed by atoms with Crippen LogP contribution >= 0.6 is 0 Å². The zero-order chi connectivity index (χ0) is 24.2. The van der Waals surface area contributed by atoms with Gasteiger partial charge in [0.25, 0.3) is 11.8 Å². The van der Waals surface area contributed by atoms with E-state index in [-0.39, 0.29) is 17.9 Å². The fourth-order valence-corrected chi connectivity index (χ4v) is 4.33. The second-order valence-corrected chi connectivity index (χ2v) is 9.30. The SMILES string of the molecule is Cc1cccc([C@H]2c3cc(O[C@H](C)C(=O)NCC(C)C)ccc3CCN2C(=O)c2ccco2)c1. The monoisotopic (exact) mass is 460 g/mol. The molecule has 6 heteroatoms. The first kappa shape index (κ1) is 23.6. The third-order valence-corrected chi connectivity index (χ3v) is 6.06. The largest absolute Gasteiger partial charge is 0.481 e. The van der Waals surface area contributed by atoms with Crippen LogP contribution in [-0.4, -0.2) is 35.9 Å². The van der Waals surface area contributed by atoms with Crippen LogP contribution in [0, 0.1) is 12.8 Å². The van der Waals surface area contributed by atoms with Crippen LogP contribution in [-0.2, 0) is 11.2 Å². The minimum Gasteiger partial charge on any atom is -0.481 e. The fraction of sp³-hybridized carbons (Fsp3) is 0.357. The second kappa shape index (κ2) is 10.2. The normalized spacial score (nSPS) is 16.1. The van der Waals surface area contributed by atoms with Crippen molar-refractivity contribution in [3.8, 4) is 5.75 Å². The van der Waals surface area contributed by atoms with Crippen molar-refractivity contribution in [2.75, 3.05) is 13.1 Å². The van der Waals surface area contributed by atoms with E-state index in [4.69, 9.17) is 9.15 Å². The van der Waals surface area contributed by atoms with Gasteiger partial charge in [0.15, 0.2) is 11.9 Å². The summed E-state index contributed by atoms with van der Waals surface area (Å²) in [6, 6.07) is 17.3. The molecule has 0 fully saturated rings. The van der Waals surface area contributed by atoms with E-state index in [1.54, 1.807) is 19.1 Å². The third kappa shape index (κ3) is 5.16. The number of hydrogen-bond acceptors (Lipinski definition) is 4. The van der Waals surface area contributed by atoms with Crippen LogP contribution in [0.3, 0.4) is 0 Å². The van der Waals surface area contributed by atoms with Crippen molar-refractivity contribution in [3.05, 3.63) is 88.9 Å². The Morgan fingerprint density at radius 3 is 2.65 bits per heavy atom. The Balaban J connectivity index is 1.67. The molecule has 1 aromatic heterocycles. The average Bonchev–Trinajstić information content (AvgIpc) is 3.36. The van der Waals surface area contributed by atoms with Crippen LogP contribution in [0.2, 0.25) is 0 Å². The Kier molecular flexibility index (Phi) is 7.06. The summed E-state index contributed by atoms with van der Waals surface area (Å²) in [5.74, 6) is 1.01. The number of nitrogens with zero attached hydrogens (tertiary/aromatic N) is 1. The topological polar surface area (TPSA) is 71.8 Å². The first-order valence-corrected chi connectivity index (χ1v) is 11.8. The summed E-state index contributed by atoms with van der Waals surface area (Å²) in [6.45, 7) is 9.09. The van der Waals surface area contributed by atoms with Gasteiger partial charge in [0.1, 0.15) is 5.75 Å². The van der Waals surface area contributed by atoms with Gasteiger partial charge in [0, 0.05) is 13.1 Å². The molecule has 34 heavy (non-hydrogen) atoms. The van der Waals surface area contributed by atoms with E-state index in [1.807, 2.05) is 48.2 Å². The first-order valence-electron chi connectivity index (χ1n) is 11.8. The van der Waals surface area contributed by atoms with Crippen molar-refractivity contribution in [1.29, 1.82) is 0 Å². The standard InChI is InChI=1S/C28H32N2O4/c1-18(2)17-29-27(31)20(4)34-23-11-10-21-12-13-30(28(32)25-9-6-14-33-25)26(24(21)16-23)22-8-5-7-19(3)15-22/h5-11,14-16,18,20,26H,12-13,17H2,1-4H3,(H,29,31)/t20-,26+/m1/s1. The van der Waals surface area contributed by atoms with Gasteiger partial charge < -0.3 is 19.4 Å². The van der Waals surface area contributed by atoms with Gasteiger partial charge in [-0.2, -0.15) is 0 Å². The summed E-state index contributed by atoms with van der Waals surface area (Å²) < 4.78 is 11.4. The van der Waals surface area contributed by atoms with Crippen molar-refractivity contribution >= 4 is 11.8 Å². The highest BCUT2D eigenvalue weighted by atomic mass is 16.5. The minimum absolute atomic E-state index is 0.142. The van der Waals surface area contributed by atoms with E-state index < -0.39 is 6.10 Å². The van der Waals surface area contributed by atoms with E-state index in [0.29, 0.717) is 30.5 Å². The number of aryl methyl sites for hydroxylation is 1. The lowest BCUT2D eigenvalue weighted by Crippen LogP contribution is -2.40. The van der Waals surface area contributed by atoms with Crippen molar-refractivity contribution < 1.29 is 18.7 Å². The molecule has 4 rings (SSSR count). The van der Waals surface area contributed by atoms with Gasteiger partial charge in [-0.05, 0) is 67.1 Å². The lowest BCUT2D eigenvalue weighted by atomic mass is 9.87. The minimum atomic E-state index is -0.626. The number of benzene rings is 2. The molecule has 0 saturated carbocycles. The molecule has 2 atom stereocenters. The quantitative estimate of drug-likeness (QED) is 0.544. The molecule has 2 amide bonds. The van der Waals surface area contributed by atoms with Crippen LogP contribution in [0.5, 0.6) is 5.75 Å². The number of nitrogens with one attached hydrogen (secondary N) is 1. The molecule has 0 aliphatic carbocycles. The number of amides is 2. The molecule has 1 aliphatic heterocycles. The third-order valence-electron chi connectivity index (χ3n) is 6.06. The Hall–Kier alpha value is -3.54. The Morgan fingerprint density at radius 2 is 1.94 bits per heavy atom. The van der Waals surface area contributed by atoms with Crippen molar-refractivity contribution in [2.45, 2.75) is 46.3 Å². The van der Waals surface area contributed by atoms with Gasteiger partial charge in [0.05, 0.1) is 12.3 Å². The van der Waals surface area contributed by atoms with Crippen LogP contribution in [0.15, 0.2) is 65.3 Å². The van der Waals surface area contributed by atoms with Gasteiger partial charge in [-0.1, -0.05) is 49.7 Å². The van der Waals surface area contributed by atoms with E-state index >= 15 is 0 Å². The summed E-state index contributed by atoms with van der Waals surface area (Å²) >= 11 is 0. The smallest absolute Gasteiger partial charge is 0.290 e. The number of furan rings is 1. The Bertz CT molecular complexity index is 1150. The van der Waals surface area contributed by atoms with Crippen LogP contribution < -0.4 is 10.1 Å². The molecule has 0 unspecified atom stereocenters. The molecule has 3 aromatic rings. The van der Waals surface area contributed by atoms with Crippen molar-refractivity contribution in [1.82, 2.24) is 10.2 Å². The molecular formula is C28H32N2O4. The fourth-order valence-electron chi connectivity index (χ4n) is 4.33. The van der Waals surface area contributed by atoms with E-state index in [1.165, 1.54) is 11.8 Å². The van der Waals surface area contributed by atoms with Gasteiger partial charge >= 0.3 is 0 Å². The van der Waals surface area contributed by atoms with E-state index in [9.17, 15) is 9.59 Å². The zero-order valence-electron chi connectivity index (χ0n) is 20.2. The summed E-state index contributed by atoms with van der Waals surface area (Å²) in [5, 5.41) is 2.92. The van der Waals surface area contributed by atoms with Crippen molar-refractivity contribution in [2.24, 2.45) is 5.92 Å². The molecular weight excluding hydrogens is 428 g/mol. The van der Waals surface area contributed by atoms with Crippen molar-refractivity contribution in [3.63, 3.8) is 0 Å². The zero-order valence-corrected chi connectivity index (χ0v) is 20.2. The maximum Gasteiger partial charge on any atom is 0.290 e. The number of hydrogen-bond donors (Lipinski definition) is 1.